The van der Waals surface area contributed by atoms with Crippen molar-refractivity contribution in [1.29, 1.82) is 0 Å². The van der Waals surface area contributed by atoms with Gasteiger partial charge in [0.1, 0.15) is 5.69 Å². The van der Waals surface area contributed by atoms with Crippen LogP contribution in [0.25, 0.3) is 11.3 Å². The Morgan fingerprint density at radius 1 is 1.32 bits per heavy atom. The van der Waals surface area contributed by atoms with Gasteiger partial charge in [0.25, 0.3) is 5.91 Å². The summed E-state index contributed by atoms with van der Waals surface area (Å²) < 4.78 is 6.21. The molecule has 28 heavy (non-hydrogen) atoms. The number of benzene rings is 1. The first kappa shape index (κ1) is 17.4. The van der Waals surface area contributed by atoms with Crippen molar-refractivity contribution in [2.75, 3.05) is 13.2 Å². The number of aromatic nitrogens is 2. The van der Waals surface area contributed by atoms with E-state index in [1.165, 1.54) is 0 Å². The van der Waals surface area contributed by atoms with E-state index in [0.29, 0.717) is 37.6 Å². The van der Waals surface area contributed by atoms with Crippen LogP contribution < -0.4 is 0 Å². The van der Waals surface area contributed by atoms with E-state index in [1.54, 1.807) is 11.0 Å². The molecule has 0 radical (unpaired) electrons. The average Bonchev–Trinajstić information content (AvgIpc) is 3.43. The molecule has 5 rings (SSSR count). The number of amides is 2. The zero-order chi connectivity index (χ0) is 19.5. The number of ether oxygens (including phenoxy) is 1. The van der Waals surface area contributed by atoms with E-state index in [4.69, 9.17) is 4.74 Å². The van der Waals surface area contributed by atoms with Gasteiger partial charge in [0, 0.05) is 18.5 Å². The summed E-state index contributed by atoms with van der Waals surface area (Å²) in [6.07, 6.45) is 0.993. The molecule has 0 bridgehead atoms. The third kappa shape index (κ3) is 2.35. The zero-order valence-corrected chi connectivity index (χ0v) is 16.1. The first-order valence-electron chi connectivity index (χ1n) is 9.89. The van der Waals surface area contributed by atoms with E-state index in [9.17, 15) is 9.59 Å². The normalized spacial score (nSPS) is 28.9. The topological polar surface area (TPSA) is 78.5 Å². The molecule has 0 unspecified atom stereocenters. The lowest BCUT2D eigenvalue weighted by atomic mass is 10.0. The van der Waals surface area contributed by atoms with Crippen molar-refractivity contribution in [3.8, 4) is 11.3 Å². The number of hydrogen-bond acceptors (Lipinski definition) is 4. The standard InChI is InChI=1S/C21H24N4O3/c1-13(2)17-12-28-21-8-9-24(18(21)11-19(26)25(17)21)20(27)16-10-15(22-23-16)14-6-4-3-5-7-14/h3-7,10,13,17-18H,8-9,11-12H2,1-2H3,(H,22,23)/t17-,18+,21-/m0/s1. The molecule has 2 aromatic rings. The van der Waals surface area contributed by atoms with Crippen molar-refractivity contribution in [3.05, 3.63) is 42.1 Å². The molecule has 2 amide bonds. The van der Waals surface area contributed by atoms with Crippen molar-refractivity contribution < 1.29 is 14.3 Å². The molecule has 4 heterocycles. The molecule has 1 N–H and O–H groups in total. The Kier molecular flexibility index (Phi) is 3.84. The van der Waals surface area contributed by atoms with Crippen LogP contribution in [0.3, 0.4) is 0 Å². The lowest BCUT2D eigenvalue weighted by molar-refractivity contribution is -0.139. The molecule has 3 atom stereocenters. The van der Waals surface area contributed by atoms with E-state index in [1.807, 2.05) is 35.2 Å². The first-order chi connectivity index (χ1) is 13.5. The van der Waals surface area contributed by atoms with E-state index in [2.05, 4.69) is 24.0 Å². The fourth-order valence-electron chi connectivity index (χ4n) is 4.96. The first-order valence-corrected chi connectivity index (χ1v) is 9.89. The number of carbonyl (C=O) groups is 2. The van der Waals surface area contributed by atoms with Crippen LogP contribution >= 0.6 is 0 Å². The molecule has 0 aliphatic carbocycles. The van der Waals surface area contributed by atoms with Gasteiger partial charge in [0.05, 0.1) is 30.8 Å². The van der Waals surface area contributed by atoms with Gasteiger partial charge in [-0.2, -0.15) is 5.10 Å². The number of rotatable bonds is 3. The van der Waals surface area contributed by atoms with Gasteiger partial charge in [0.15, 0.2) is 5.72 Å². The highest BCUT2D eigenvalue weighted by Crippen LogP contribution is 2.49. The maximum atomic E-state index is 13.2. The van der Waals surface area contributed by atoms with Gasteiger partial charge in [-0.3, -0.25) is 14.7 Å². The van der Waals surface area contributed by atoms with Crippen LogP contribution in [0.4, 0.5) is 0 Å². The Labute approximate surface area is 163 Å². The Hall–Kier alpha value is -2.67. The molecule has 3 aliphatic rings. The van der Waals surface area contributed by atoms with Gasteiger partial charge in [-0.1, -0.05) is 44.2 Å². The third-order valence-corrected chi connectivity index (χ3v) is 6.40. The fourth-order valence-corrected chi connectivity index (χ4v) is 4.96. The van der Waals surface area contributed by atoms with Crippen LogP contribution in [-0.4, -0.2) is 62.8 Å². The second kappa shape index (κ2) is 6.17. The van der Waals surface area contributed by atoms with Crippen LogP contribution in [0.5, 0.6) is 0 Å². The summed E-state index contributed by atoms with van der Waals surface area (Å²) in [5.41, 5.74) is 1.49. The van der Waals surface area contributed by atoms with Crippen molar-refractivity contribution in [2.24, 2.45) is 5.92 Å². The van der Waals surface area contributed by atoms with Crippen LogP contribution in [0, 0.1) is 5.92 Å². The molecule has 7 heteroatoms. The maximum Gasteiger partial charge on any atom is 0.272 e. The highest BCUT2D eigenvalue weighted by Gasteiger charge is 2.65. The van der Waals surface area contributed by atoms with Gasteiger partial charge in [-0.05, 0) is 12.0 Å². The molecule has 3 aliphatic heterocycles. The molecule has 1 aromatic heterocycles. The van der Waals surface area contributed by atoms with E-state index in [0.717, 1.165) is 11.3 Å². The summed E-state index contributed by atoms with van der Waals surface area (Å²) in [4.78, 5) is 29.7. The molecule has 7 nitrogen and oxygen atoms in total. The Morgan fingerprint density at radius 3 is 2.86 bits per heavy atom. The molecular formula is C21H24N4O3. The monoisotopic (exact) mass is 380 g/mol. The van der Waals surface area contributed by atoms with E-state index >= 15 is 0 Å². The molecule has 1 spiro atoms. The number of nitrogens with zero attached hydrogens (tertiary/aromatic N) is 3. The number of likely N-dealkylation sites (tertiary alicyclic amines) is 1. The van der Waals surface area contributed by atoms with Crippen LogP contribution in [0.15, 0.2) is 36.4 Å². The smallest absolute Gasteiger partial charge is 0.272 e. The minimum absolute atomic E-state index is 0.0874. The minimum Gasteiger partial charge on any atom is -0.351 e. The maximum absolute atomic E-state index is 13.2. The number of aromatic amines is 1. The van der Waals surface area contributed by atoms with Gasteiger partial charge >= 0.3 is 0 Å². The van der Waals surface area contributed by atoms with Gasteiger partial charge in [-0.15, -0.1) is 0 Å². The summed E-state index contributed by atoms with van der Waals surface area (Å²) in [6, 6.07) is 11.4. The zero-order valence-electron chi connectivity index (χ0n) is 16.1. The van der Waals surface area contributed by atoms with Gasteiger partial charge < -0.3 is 14.5 Å². The number of carbonyl (C=O) groups excluding carboxylic acids is 2. The van der Waals surface area contributed by atoms with Crippen molar-refractivity contribution in [2.45, 2.75) is 44.5 Å². The van der Waals surface area contributed by atoms with Crippen molar-refractivity contribution >= 4 is 11.8 Å². The number of hydrogen-bond donors (Lipinski definition) is 1. The Morgan fingerprint density at radius 2 is 2.11 bits per heavy atom. The third-order valence-electron chi connectivity index (χ3n) is 6.40. The summed E-state index contributed by atoms with van der Waals surface area (Å²) in [6.45, 7) is 5.35. The highest BCUT2D eigenvalue weighted by atomic mass is 16.5. The molecule has 1 aromatic carbocycles. The predicted molar refractivity (Wildman–Crippen MR) is 102 cm³/mol. The SMILES string of the molecule is CC(C)[C@@H]1CO[C@@]23CCN(C(=O)c4cc(-c5ccccc5)n[nH]4)[C@@H]2CC(=O)N13. The largest absolute Gasteiger partial charge is 0.351 e. The summed E-state index contributed by atoms with van der Waals surface area (Å²) >= 11 is 0. The highest BCUT2D eigenvalue weighted by molar-refractivity contribution is 5.95. The molecule has 0 saturated carbocycles. The summed E-state index contributed by atoms with van der Waals surface area (Å²) in [5.74, 6) is 0.295. The average molecular weight is 380 g/mol. The minimum atomic E-state index is -0.649. The van der Waals surface area contributed by atoms with Crippen molar-refractivity contribution in [1.82, 2.24) is 20.0 Å². The number of H-pyrrole nitrogens is 1. The quantitative estimate of drug-likeness (QED) is 0.886. The second-order valence-electron chi connectivity index (χ2n) is 8.23. The Balaban J connectivity index is 1.41. The van der Waals surface area contributed by atoms with Gasteiger partial charge in [-0.25, -0.2) is 0 Å². The summed E-state index contributed by atoms with van der Waals surface area (Å²) in [5, 5.41) is 7.17. The molecule has 146 valence electrons. The van der Waals surface area contributed by atoms with Crippen LogP contribution in [0.1, 0.15) is 37.2 Å². The molecular weight excluding hydrogens is 356 g/mol. The second-order valence-corrected chi connectivity index (χ2v) is 8.23. The lowest BCUT2D eigenvalue weighted by Crippen LogP contribution is -2.51. The molecule has 3 fully saturated rings. The molecule has 3 saturated heterocycles. The Bertz CT molecular complexity index is 925. The van der Waals surface area contributed by atoms with E-state index < -0.39 is 5.72 Å². The van der Waals surface area contributed by atoms with Crippen LogP contribution in [0.2, 0.25) is 0 Å². The van der Waals surface area contributed by atoms with E-state index in [-0.39, 0.29) is 23.9 Å². The lowest BCUT2D eigenvalue weighted by Gasteiger charge is -2.34. The van der Waals surface area contributed by atoms with Crippen molar-refractivity contribution in [3.63, 3.8) is 0 Å². The van der Waals surface area contributed by atoms with Crippen LogP contribution in [-0.2, 0) is 9.53 Å². The van der Waals surface area contributed by atoms with Gasteiger partial charge in [0.2, 0.25) is 5.91 Å². The predicted octanol–water partition coefficient (Wildman–Crippen LogP) is 2.27. The number of nitrogens with one attached hydrogen (secondary N) is 1. The summed E-state index contributed by atoms with van der Waals surface area (Å²) in [7, 11) is 0. The fraction of sp³-hybridized carbons (Fsp3) is 0.476.